The van der Waals surface area contributed by atoms with Crippen LogP contribution in [0.1, 0.15) is 50.3 Å². The molecule has 4 N–H and O–H groups in total. The largest absolute Gasteiger partial charge is 0.457 e. The normalized spacial score (nSPS) is 14.2. The lowest BCUT2D eigenvalue weighted by Crippen LogP contribution is -2.26. The number of para-hydroxylation sites is 1. The highest BCUT2D eigenvalue weighted by atomic mass is 16.5. The van der Waals surface area contributed by atoms with Crippen molar-refractivity contribution in [2.24, 2.45) is 5.92 Å². The van der Waals surface area contributed by atoms with Gasteiger partial charge in [-0.25, -0.2) is 5.10 Å². The number of aromatic amines is 1. The van der Waals surface area contributed by atoms with Crippen LogP contribution in [0.2, 0.25) is 0 Å². The molecule has 0 radical (unpaired) electrons. The van der Waals surface area contributed by atoms with Crippen LogP contribution in [0.4, 0.5) is 5.82 Å². The van der Waals surface area contributed by atoms with E-state index in [1.807, 2.05) is 60.3 Å². The van der Waals surface area contributed by atoms with Gasteiger partial charge < -0.3 is 20.3 Å². The van der Waals surface area contributed by atoms with Crippen LogP contribution in [0.25, 0.3) is 0 Å². The molecule has 1 aromatic heterocycles. The summed E-state index contributed by atoms with van der Waals surface area (Å²) in [5.74, 6) is 2.35. The maximum Gasteiger partial charge on any atom is 0.267 e. The van der Waals surface area contributed by atoms with Crippen LogP contribution in [0.15, 0.2) is 71.5 Å². The van der Waals surface area contributed by atoms with E-state index in [1.54, 1.807) is 37.3 Å². The first-order valence-corrected chi connectivity index (χ1v) is 13.9. The SMILES string of the molecule is CCC.C[C@@H]1CCN(C(=O)/C=C/CN(C)C)C1.Cc1c(C(=N)c2ccc(Oc3ccccc3)cc2)c(N)n[nH]c1=O. The number of nitrogen functional groups attached to an aromatic ring is 1. The van der Waals surface area contributed by atoms with Gasteiger partial charge in [-0.2, -0.15) is 5.10 Å². The van der Waals surface area contributed by atoms with Crippen LogP contribution in [-0.4, -0.2) is 65.3 Å². The molecule has 0 saturated carbocycles. The zero-order valence-electron chi connectivity index (χ0n) is 25.1. The second-order valence-corrected chi connectivity index (χ2v) is 10.3. The summed E-state index contributed by atoms with van der Waals surface area (Å²) in [4.78, 5) is 27.3. The fourth-order valence-corrected chi connectivity index (χ4v) is 3.94. The fraction of sp³-hybridized carbons (Fsp3) is 0.375. The Balaban J connectivity index is 0.000000294. The van der Waals surface area contributed by atoms with Crippen LogP contribution >= 0.6 is 0 Å². The van der Waals surface area contributed by atoms with E-state index in [9.17, 15) is 9.59 Å². The first-order valence-electron chi connectivity index (χ1n) is 13.9. The van der Waals surface area contributed by atoms with Crippen molar-refractivity contribution in [3.63, 3.8) is 0 Å². The van der Waals surface area contributed by atoms with Gasteiger partial charge in [0.1, 0.15) is 11.5 Å². The van der Waals surface area contributed by atoms with Gasteiger partial charge in [0.25, 0.3) is 5.56 Å². The number of likely N-dealkylation sites (tertiary alicyclic amines) is 1. The number of carbonyl (C=O) groups excluding carboxylic acids is 1. The van der Waals surface area contributed by atoms with E-state index in [0.717, 1.165) is 31.8 Å². The maximum absolute atomic E-state index is 11.7. The van der Waals surface area contributed by atoms with Crippen molar-refractivity contribution in [2.45, 2.75) is 40.5 Å². The first-order chi connectivity index (χ1) is 19.6. The van der Waals surface area contributed by atoms with E-state index in [1.165, 1.54) is 6.42 Å². The van der Waals surface area contributed by atoms with Gasteiger partial charge in [-0.1, -0.05) is 51.5 Å². The zero-order chi connectivity index (χ0) is 30.4. The number of H-pyrrole nitrogens is 1. The van der Waals surface area contributed by atoms with E-state index in [4.69, 9.17) is 15.9 Å². The minimum Gasteiger partial charge on any atom is -0.457 e. The molecule has 2 aromatic carbocycles. The van der Waals surface area contributed by atoms with E-state index in [2.05, 4.69) is 31.0 Å². The number of benzene rings is 2. The number of ether oxygens (including phenoxy) is 1. The number of amides is 1. The Morgan fingerprint density at radius 2 is 1.76 bits per heavy atom. The third kappa shape index (κ3) is 10.7. The van der Waals surface area contributed by atoms with Gasteiger partial charge >= 0.3 is 0 Å². The molecular weight excluding hydrogens is 516 g/mol. The number of nitrogens with zero attached hydrogens (tertiary/aromatic N) is 3. The Bertz CT molecular complexity index is 1330. The number of hydrogen-bond donors (Lipinski definition) is 3. The molecule has 0 spiro atoms. The number of nitrogens with one attached hydrogen (secondary N) is 2. The Morgan fingerprint density at radius 1 is 1.15 bits per heavy atom. The van der Waals surface area contributed by atoms with Gasteiger partial charge in [0, 0.05) is 36.8 Å². The number of hydrogen-bond acceptors (Lipinski definition) is 7. The fourth-order valence-electron chi connectivity index (χ4n) is 3.94. The zero-order valence-corrected chi connectivity index (χ0v) is 25.1. The molecule has 41 heavy (non-hydrogen) atoms. The Morgan fingerprint density at radius 3 is 2.32 bits per heavy atom. The Hall–Kier alpha value is -4.24. The minimum atomic E-state index is -0.354. The molecule has 1 fully saturated rings. The third-order valence-electron chi connectivity index (χ3n) is 6.09. The lowest BCUT2D eigenvalue weighted by atomic mass is 10.00. The second-order valence-electron chi connectivity index (χ2n) is 10.3. The van der Waals surface area contributed by atoms with Crippen LogP contribution in [0, 0.1) is 18.3 Å². The number of aromatic nitrogens is 2. The quantitative estimate of drug-likeness (QED) is 0.267. The summed E-state index contributed by atoms with van der Waals surface area (Å²) in [6.45, 7) is 10.7. The molecule has 9 heteroatoms. The average Bonchev–Trinajstić information content (AvgIpc) is 3.39. The van der Waals surface area contributed by atoms with Crippen molar-refractivity contribution in [2.75, 3.05) is 39.5 Å². The lowest BCUT2D eigenvalue weighted by molar-refractivity contribution is -0.125. The van der Waals surface area contributed by atoms with Gasteiger partial charge in [0.2, 0.25) is 5.91 Å². The molecule has 9 nitrogen and oxygen atoms in total. The molecule has 4 rings (SSSR count). The number of nitrogens with two attached hydrogens (primary N) is 1. The molecular formula is C32H44N6O3. The lowest BCUT2D eigenvalue weighted by Gasteiger charge is -2.13. The molecule has 0 unspecified atom stereocenters. The number of carbonyl (C=O) groups is 1. The highest BCUT2D eigenvalue weighted by Gasteiger charge is 2.21. The molecule has 1 saturated heterocycles. The number of anilines is 1. The van der Waals surface area contributed by atoms with Crippen molar-refractivity contribution in [3.05, 3.63) is 93.8 Å². The third-order valence-corrected chi connectivity index (χ3v) is 6.09. The van der Waals surface area contributed by atoms with Gasteiger partial charge in [-0.05, 0) is 69.8 Å². The summed E-state index contributed by atoms with van der Waals surface area (Å²) in [7, 11) is 3.99. The molecule has 0 bridgehead atoms. The smallest absolute Gasteiger partial charge is 0.267 e. The van der Waals surface area contributed by atoms with Crippen LogP contribution in [-0.2, 0) is 4.79 Å². The molecule has 1 atom stereocenters. The summed E-state index contributed by atoms with van der Waals surface area (Å²) in [5.41, 5.74) is 6.95. The van der Waals surface area contributed by atoms with Crippen LogP contribution in [0.5, 0.6) is 11.5 Å². The number of likely N-dealkylation sites (N-methyl/N-ethyl adjacent to an activating group) is 1. The van der Waals surface area contributed by atoms with Crippen LogP contribution < -0.4 is 16.0 Å². The summed E-state index contributed by atoms with van der Waals surface area (Å²) in [6, 6.07) is 16.5. The molecule has 0 aliphatic carbocycles. The van der Waals surface area contributed by atoms with E-state index >= 15 is 0 Å². The molecule has 3 aromatic rings. The van der Waals surface area contributed by atoms with E-state index < -0.39 is 0 Å². The summed E-state index contributed by atoms with van der Waals surface area (Å²) in [6.07, 6.45) is 6.01. The molecule has 1 amide bonds. The van der Waals surface area contributed by atoms with Gasteiger partial charge in [-0.15, -0.1) is 0 Å². The molecule has 1 aliphatic heterocycles. The maximum atomic E-state index is 11.7. The van der Waals surface area contributed by atoms with Crippen molar-refractivity contribution in [3.8, 4) is 11.5 Å². The first kappa shape index (κ1) is 33.0. The van der Waals surface area contributed by atoms with E-state index in [-0.39, 0.29) is 23.0 Å². The average molecular weight is 561 g/mol. The summed E-state index contributed by atoms with van der Waals surface area (Å²) in [5, 5.41) is 14.4. The second kappa shape index (κ2) is 16.8. The van der Waals surface area contributed by atoms with Gasteiger partial charge in [0.05, 0.1) is 11.3 Å². The number of rotatable bonds is 7. The van der Waals surface area contributed by atoms with Gasteiger partial charge in [-0.3, -0.25) is 15.0 Å². The standard InChI is InChI=1S/C18H16N4O2.C11H20N2O.C3H8/c1-11-15(17(20)21-22-18(11)23)16(19)12-7-9-14(10-8-12)24-13-5-3-2-4-6-13;1-10-6-8-13(9-10)11(14)5-4-7-12(2)3;1-3-2/h2-10,19H,1H3,(H2,20,21)(H,22,23);4-5,10H,6-9H2,1-3H3;3H2,1-2H3/b;5-4+;/t;10-;/m.1./s1. The van der Waals surface area contributed by atoms with Gasteiger partial charge in [0.15, 0.2) is 5.82 Å². The predicted octanol–water partition coefficient (Wildman–Crippen LogP) is 5.26. The van der Waals surface area contributed by atoms with Crippen molar-refractivity contribution < 1.29 is 9.53 Å². The summed E-state index contributed by atoms with van der Waals surface area (Å²) >= 11 is 0. The monoisotopic (exact) mass is 560 g/mol. The highest BCUT2D eigenvalue weighted by molar-refractivity contribution is 6.14. The Kier molecular flexibility index (Phi) is 13.5. The van der Waals surface area contributed by atoms with Crippen molar-refractivity contribution in [1.82, 2.24) is 20.0 Å². The minimum absolute atomic E-state index is 0.127. The van der Waals surface area contributed by atoms with Crippen molar-refractivity contribution in [1.29, 1.82) is 5.41 Å². The van der Waals surface area contributed by atoms with Crippen LogP contribution in [0.3, 0.4) is 0 Å². The highest BCUT2D eigenvalue weighted by Crippen LogP contribution is 2.23. The summed E-state index contributed by atoms with van der Waals surface area (Å²) < 4.78 is 5.72. The molecule has 220 valence electrons. The predicted molar refractivity (Wildman–Crippen MR) is 167 cm³/mol. The van der Waals surface area contributed by atoms with E-state index in [0.29, 0.717) is 28.4 Å². The molecule has 2 heterocycles. The van der Waals surface area contributed by atoms with Crippen molar-refractivity contribution >= 4 is 17.4 Å². The topological polar surface area (TPSA) is 128 Å². The molecule has 1 aliphatic rings. The Labute approximate surface area is 243 Å².